The highest BCUT2D eigenvalue weighted by atomic mass is 32.1. The number of likely N-dealkylation sites (tertiary alicyclic amines) is 1. The summed E-state index contributed by atoms with van der Waals surface area (Å²) in [6.45, 7) is 3.20. The van der Waals surface area contributed by atoms with Crippen LogP contribution in [0.25, 0.3) is 22.6 Å². The minimum absolute atomic E-state index is 0.0495. The van der Waals surface area contributed by atoms with Crippen molar-refractivity contribution < 1.29 is 4.52 Å². The van der Waals surface area contributed by atoms with Crippen LogP contribution in [-0.4, -0.2) is 49.4 Å². The van der Waals surface area contributed by atoms with Crippen LogP contribution in [-0.2, 0) is 18.3 Å². The minimum Gasteiger partial charge on any atom is -0.389 e. The fourth-order valence-electron chi connectivity index (χ4n) is 7.33. The van der Waals surface area contributed by atoms with Gasteiger partial charge in [-0.3, -0.25) is 0 Å². The van der Waals surface area contributed by atoms with Crippen LogP contribution in [0, 0.1) is 22.7 Å². The first-order chi connectivity index (χ1) is 19.0. The number of hydrogen-bond acceptors (Lipinski definition) is 10. The van der Waals surface area contributed by atoms with Gasteiger partial charge in [-0.05, 0) is 77.4 Å². The quantitative estimate of drug-likeness (QED) is 0.398. The number of hydrogen-bond donors (Lipinski definition) is 1. The monoisotopic (exact) mass is 539 g/mol. The molecule has 198 valence electrons. The zero-order valence-electron chi connectivity index (χ0n) is 22.1. The summed E-state index contributed by atoms with van der Waals surface area (Å²) in [6, 6.07) is 4.97. The van der Waals surface area contributed by atoms with E-state index in [1.54, 1.807) is 6.20 Å². The molecule has 0 saturated carbocycles. The van der Waals surface area contributed by atoms with Gasteiger partial charge >= 0.3 is 0 Å². The molecule has 0 radical (unpaired) electrons. The molecule has 1 aliphatic heterocycles. The Morgan fingerprint density at radius 2 is 2.03 bits per heavy atom. The van der Waals surface area contributed by atoms with Crippen molar-refractivity contribution >= 4 is 27.4 Å². The standard InChI is InChI=1S/C28H29N9OS/c1-15(20-7-5-11-36(20)2)37-27-18(19(13-30)34-37)14-32-26(33-27)23-16-6-3-9-28(24(16)38-35-23)10-4-8-21-22(28)17(12-29)25(31)39-21/h14-15,20H,3-11,31H2,1-2H3. The first kappa shape index (κ1) is 24.3. The molecule has 3 unspecified atom stereocenters. The Morgan fingerprint density at radius 3 is 2.77 bits per heavy atom. The maximum Gasteiger partial charge on any atom is 0.184 e. The molecule has 3 aliphatic rings. The highest BCUT2D eigenvalue weighted by Gasteiger charge is 2.48. The molecule has 0 amide bonds. The van der Waals surface area contributed by atoms with Gasteiger partial charge in [0.1, 0.15) is 17.1 Å². The lowest BCUT2D eigenvalue weighted by Crippen LogP contribution is -2.35. The third-order valence-electron chi connectivity index (χ3n) is 9.14. The molecular weight excluding hydrogens is 510 g/mol. The van der Waals surface area contributed by atoms with Crippen LogP contribution < -0.4 is 5.73 Å². The molecule has 4 aromatic heterocycles. The SMILES string of the molecule is CC(C1CCCN1C)n1nc(C#N)c2cnc(-c3noc4c3CCCC43CCCc4sc(N)c(C#N)c43)nc21. The number of nitrogens with zero attached hydrogens (tertiary/aromatic N) is 8. The number of nitriles is 2. The van der Waals surface area contributed by atoms with Crippen LogP contribution in [0.15, 0.2) is 10.7 Å². The summed E-state index contributed by atoms with van der Waals surface area (Å²) in [6.07, 6.45) is 9.42. The van der Waals surface area contributed by atoms with Crippen molar-refractivity contribution in [1.82, 2.24) is 29.8 Å². The van der Waals surface area contributed by atoms with Crippen molar-refractivity contribution in [1.29, 1.82) is 10.5 Å². The minimum atomic E-state index is -0.396. The van der Waals surface area contributed by atoms with Crippen LogP contribution in [0.1, 0.15) is 84.5 Å². The number of aryl methyl sites for hydroxylation is 1. The van der Waals surface area contributed by atoms with Gasteiger partial charge in [0.05, 0.1) is 22.4 Å². The van der Waals surface area contributed by atoms with E-state index in [1.165, 1.54) is 16.2 Å². The molecule has 10 nitrogen and oxygen atoms in total. The molecule has 39 heavy (non-hydrogen) atoms. The number of nitrogen functional groups attached to an aromatic ring is 1. The lowest BCUT2D eigenvalue weighted by molar-refractivity contribution is 0.232. The normalized spacial score (nSPS) is 23.4. The van der Waals surface area contributed by atoms with Gasteiger partial charge in [-0.2, -0.15) is 15.6 Å². The lowest BCUT2D eigenvalue weighted by atomic mass is 9.63. The maximum absolute atomic E-state index is 9.97. The van der Waals surface area contributed by atoms with E-state index in [4.69, 9.17) is 15.2 Å². The van der Waals surface area contributed by atoms with Gasteiger partial charge in [0.15, 0.2) is 28.6 Å². The Morgan fingerprint density at radius 1 is 1.21 bits per heavy atom. The van der Waals surface area contributed by atoms with E-state index in [-0.39, 0.29) is 6.04 Å². The predicted molar refractivity (Wildman–Crippen MR) is 146 cm³/mol. The van der Waals surface area contributed by atoms with Crippen molar-refractivity contribution in [3.63, 3.8) is 0 Å². The number of anilines is 1. The Labute approximate surface area is 230 Å². The Kier molecular flexibility index (Phi) is 5.51. The average molecular weight is 540 g/mol. The average Bonchev–Trinajstić information content (AvgIpc) is 3.72. The largest absolute Gasteiger partial charge is 0.389 e. The molecule has 2 aliphatic carbocycles. The van der Waals surface area contributed by atoms with Crippen molar-refractivity contribution in [2.45, 2.75) is 75.8 Å². The van der Waals surface area contributed by atoms with Crippen LogP contribution in [0.3, 0.4) is 0 Å². The van der Waals surface area contributed by atoms with E-state index in [1.807, 2.05) is 4.68 Å². The molecule has 0 bridgehead atoms. The first-order valence-corrected chi connectivity index (χ1v) is 14.4. The third-order valence-corrected chi connectivity index (χ3v) is 10.2. The molecule has 4 aromatic rings. The van der Waals surface area contributed by atoms with Crippen LogP contribution in [0.4, 0.5) is 5.00 Å². The summed E-state index contributed by atoms with van der Waals surface area (Å²) < 4.78 is 8.04. The second-order valence-electron chi connectivity index (χ2n) is 11.1. The summed E-state index contributed by atoms with van der Waals surface area (Å²) in [5, 5.41) is 30.2. The number of thiophene rings is 1. The summed E-state index contributed by atoms with van der Waals surface area (Å²) in [4.78, 5) is 13.1. The van der Waals surface area contributed by atoms with E-state index in [0.29, 0.717) is 44.9 Å². The molecular formula is C28H29N9OS. The summed E-state index contributed by atoms with van der Waals surface area (Å²) in [5.74, 6) is 1.30. The number of likely N-dealkylation sites (N-methyl/N-ethyl adjacent to an activating group) is 1. The van der Waals surface area contributed by atoms with E-state index in [9.17, 15) is 10.5 Å². The summed E-state index contributed by atoms with van der Waals surface area (Å²) >= 11 is 1.54. The van der Waals surface area contributed by atoms with Crippen molar-refractivity contribution in [3.05, 3.63) is 39.2 Å². The first-order valence-electron chi connectivity index (χ1n) is 13.6. The molecule has 3 atom stereocenters. The Hall–Kier alpha value is -3.80. The lowest BCUT2D eigenvalue weighted by Gasteiger charge is -2.39. The highest BCUT2D eigenvalue weighted by Crippen LogP contribution is 2.55. The van der Waals surface area contributed by atoms with E-state index in [2.05, 4.69) is 46.2 Å². The Balaban J connectivity index is 1.36. The van der Waals surface area contributed by atoms with E-state index < -0.39 is 5.41 Å². The van der Waals surface area contributed by atoms with E-state index >= 15 is 0 Å². The molecule has 5 heterocycles. The second-order valence-corrected chi connectivity index (χ2v) is 12.3. The van der Waals surface area contributed by atoms with Crippen molar-refractivity contribution in [3.8, 4) is 23.7 Å². The molecule has 7 rings (SSSR count). The molecule has 1 saturated heterocycles. The van der Waals surface area contributed by atoms with Gasteiger partial charge in [0.2, 0.25) is 0 Å². The molecule has 1 spiro atoms. The second kappa shape index (κ2) is 8.87. The molecule has 1 fully saturated rings. The van der Waals surface area contributed by atoms with Gasteiger partial charge < -0.3 is 15.2 Å². The van der Waals surface area contributed by atoms with Gasteiger partial charge in [-0.25, -0.2) is 14.6 Å². The van der Waals surface area contributed by atoms with Gasteiger partial charge in [-0.15, -0.1) is 11.3 Å². The fraction of sp³-hybridized carbons (Fsp3) is 0.500. The summed E-state index contributed by atoms with van der Waals surface area (Å²) in [7, 11) is 2.14. The molecule has 11 heteroatoms. The van der Waals surface area contributed by atoms with Crippen LogP contribution in [0.2, 0.25) is 0 Å². The van der Waals surface area contributed by atoms with Gasteiger partial charge in [-0.1, -0.05) is 5.16 Å². The smallest absolute Gasteiger partial charge is 0.184 e. The van der Waals surface area contributed by atoms with Crippen molar-refractivity contribution in [2.75, 3.05) is 19.3 Å². The third kappa shape index (κ3) is 3.39. The van der Waals surface area contributed by atoms with Gasteiger partial charge in [0.25, 0.3) is 0 Å². The van der Waals surface area contributed by atoms with Crippen LogP contribution >= 0.6 is 11.3 Å². The molecule has 0 aromatic carbocycles. The van der Waals surface area contributed by atoms with E-state index in [0.717, 1.165) is 74.8 Å². The summed E-state index contributed by atoms with van der Waals surface area (Å²) in [5.41, 5.74) is 10.2. The number of fused-ring (bicyclic) bond motifs is 5. The zero-order chi connectivity index (χ0) is 26.9. The van der Waals surface area contributed by atoms with Crippen molar-refractivity contribution in [2.24, 2.45) is 0 Å². The fourth-order valence-corrected chi connectivity index (χ4v) is 8.49. The Bertz CT molecular complexity index is 1700. The number of nitrogens with two attached hydrogens (primary N) is 1. The predicted octanol–water partition coefficient (Wildman–Crippen LogP) is 4.48. The highest BCUT2D eigenvalue weighted by molar-refractivity contribution is 7.16. The maximum atomic E-state index is 9.97. The molecule has 2 N–H and O–H groups in total. The number of rotatable bonds is 3. The topological polar surface area (TPSA) is 146 Å². The van der Waals surface area contributed by atoms with Crippen LogP contribution in [0.5, 0.6) is 0 Å². The van der Waals surface area contributed by atoms with Gasteiger partial charge in [0, 0.05) is 22.7 Å². The number of aromatic nitrogens is 5. The zero-order valence-corrected chi connectivity index (χ0v) is 22.9.